The van der Waals surface area contributed by atoms with Crippen LogP contribution in [0.25, 0.3) is 0 Å². The Labute approximate surface area is 136 Å². The van der Waals surface area contributed by atoms with Crippen molar-refractivity contribution in [1.82, 2.24) is 16.0 Å². The first-order valence-corrected chi connectivity index (χ1v) is 7.87. The van der Waals surface area contributed by atoms with Crippen LogP contribution in [0, 0.1) is 0 Å². The fourth-order valence-electron chi connectivity index (χ4n) is 1.87. The Bertz CT molecular complexity index is 491. The first kappa shape index (κ1) is 18.5. The highest BCUT2D eigenvalue weighted by molar-refractivity contribution is 6.30. The monoisotopic (exact) mass is 325 g/mol. The van der Waals surface area contributed by atoms with Crippen LogP contribution in [0.2, 0.25) is 5.02 Å². The minimum atomic E-state index is -0.535. The molecule has 22 heavy (non-hydrogen) atoms. The minimum Gasteiger partial charge on any atom is -0.354 e. The van der Waals surface area contributed by atoms with E-state index in [0.717, 1.165) is 12.0 Å². The molecule has 122 valence electrons. The molecule has 0 saturated carbocycles. The summed E-state index contributed by atoms with van der Waals surface area (Å²) in [6, 6.07) is 6.95. The molecule has 0 aliphatic carbocycles. The van der Waals surface area contributed by atoms with E-state index in [1.807, 2.05) is 38.1 Å². The zero-order valence-corrected chi connectivity index (χ0v) is 14.0. The summed E-state index contributed by atoms with van der Waals surface area (Å²) in [4.78, 5) is 23.5. The summed E-state index contributed by atoms with van der Waals surface area (Å²) in [5, 5.41) is 9.22. The number of rotatable bonds is 8. The first-order chi connectivity index (χ1) is 10.4. The van der Waals surface area contributed by atoms with Crippen LogP contribution in [-0.4, -0.2) is 30.9 Å². The molecule has 0 unspecified atom stereocenters. The third-order valence-corrected chi connectivity index (χ3v) is 3.51. The quantitative estimate of drug-likeness (QED) is 0.685. The number of amides is 2. The molecule has 1 aromatic rings. The van der Waals surface area contributed by atoms with Crippen molar-refractivity contribution in [2.24, 2.45) is 0 Å². The molecule has 0 aromatic heterocycles. The fourth-order valence-corrected chi connectivity index (χ4v) is 2.00. The average molecular weight is 326 g/mol. The lowest BCUT2D eigenvalue weighted by Crippen LogP contribution is -2.47. The number of carbonyl (C=O) groups is 2. The summed E-state index contributed by atoms with van der Waals surface area (Å²) in [6.45, 7) is 6.38. The lowest BCUT2D eigenvalue weighted by atomic mass is 10.1. The van der Waals surface area contributed by atoms with E-state index in [-0.39, 0.29) is 24.4 Å². The average Bonchev–Trinajstić information content (AvgIpc) is 2.50. The van der Waals surface area contributed by atoms with E-state index in [0.29, 0.717) is 11.6 Å². The normalized spacial score (nSPS) is 13.3. The molecule has 2 atom stereocenters. The Hall–Kier alpha value is -1.59. The van der Waals surface area contributed by atoms with Crippen molar-refractivity contribution in [3.63, 3.8) is 0 Å². The van der Waals surface area contributed by atoms with Gasteiger partial charge in [0.15, 0.2) is 0 Å². The maximum absolute atomic E-state index is 11.8. The van der Waals surface area contributed by atoms with E-state index in [9.17, 15) is 9.59 Å². The van der Waals surface area contributed by atoms with E-state index >= 15 is 0 Å². The van der Waals surface area contributed by atoms with Crippen LogP contribution < -0.4 is 16.0 Å². The van der Waals surface area contributed by atoms with Crippen molar-refractivity contribution in [1.29, 1.82) is 0 Å². The highest BCUT2D eigenvalue weighted by atomic mass is 35.5. The van der Waals surface area contributed by atoms with Gasteiger partial charge in [-0.2, -0.15) is 0 Å². The smallest absolute Gasteiger partial charge is 0.242 e. The highest BCUT2D eigenvalue weighted by Crippen LogP contribution is 2.15. The molecule has 0 aliphatic rings. The van der Waals surface area contributed by atoms with E-state index in [4.69, 9.17) is 11.6 Å². The standard InChI is InChI=1S/C16H24ClN3O2/c1-4-9-18-16(22)12(3)20-15(21)10-19-11(2)13-5-7-14(17)8-6-13/h5-8,11-12,19H,4,9-10H2,1-3H3,(H,18,22)(H,20,21)/t11-,12-/m1/s1. The summed E-state index contributed by atoms with van der Waals surface area (Å²) >= 11 is 5.84. The zero-order chi connectivity index (χ0) is 16.5. The fraction of sp³-hybridized carbons (Fsp3) is 0.500. The highest BCUT2D eigenvalue weighted by Gasteiger charge is 2.15. The van der Waals surface area contributed by atoms with Gasteiger partial charge in [0.1, 0.15) is 6.04 Å². The van der Waals surface area contributed by atoms with E-state index in [2.05, 4.69) is 16.0 Å². The first-order valence-electron chi connectivity index (χ1n) is 7.50. The number of halogens is 1. The van der Waals surface area contributed by atoms with Gasteiger partial charge in [-0.15, -0.1) is 0 Å². The predicted molar refractivity (Wildman–Crippen MR) is 88.8 cm³/mol. The third kappa shape index (κ3) is 6.45. The molecule has 0 heterocycles. The Morgan fingerprint density at radius 2 is 1.82 bits per heavy atom. The van der Waals surface area contributed by atoms with Crippen LogP contribution in [0.1, 0.15) is 38.8 Å². The number of benzene rings is 1. The second kappa shape index (κ2) is 9.43. The molecule has 0 spiro atoms. The molecule has 0 bridgehead atoms. The lowest BCUT2D eigenvalue weighted by Gasteiger charge is -2.17. The van der Waals surface area contributed by atoms with Crippen LogP contribution in [0.3, 0.4) is 0 Å². The molecule has 2 amide bonds. The van der Waals surface area contributed by atoms with Gasteiger partial charge in [-0.3, -0.25) is 9.59 Å². The molecule has 0 saturated heterocycles. The van der Waals surface area contributed by atoms with Gasteiger partial charge in [0, 0.05) is 17.6 Å². The molecule has 0 aliphatic heterocycles. The molecule has 5 nitrogen and oxygen atoms in total. The second-order valence-corrected chi connectivity index (χ2v) is 5.67. The van der Waals surface area contributed by atoms with Gasteiger partial charge in [0.2, 0.25) is 11.8 Å². The number of hydrogen-bond acceptors (Lipinski definition) is 3. The van der Waals surface area contributed by atoms with Gasteiger partial charge in [0.05, 0.1) is 6.54 Å². The van der Waals surface area contributed by atoms with Crippen LogP contribution >= 0.6 is 11.6 Å². The maximum Gasteiger partial charge on any atom is 0.242 e. The molecule has 1 aromatic carbocycles. The Morgan fingerprint density at radius 3 is 2.41 bits per heavy atom. The molecular weight excluding hydrogens is 302 g/mol. The molecule has 0 fully saturated rings. The lowest BCUT2D eigenvalue weighted by molar-refractivity contribution is -0.128. The van der Waals surface area contributed by atoms with Crippen LogP contribution in [0.15, 0.2) is 24.3 Å². The van der Waals surface area contributed by atoms with Crippen molar-refractivity contribution in [3.8, 4) is 0 Å². The minimum absolute atomic E-state index is 0.0206. The van der Waals surface area contributed by atoms with Crippen LogP contribution in [-0.2, 0) is 9.59 Å². The summed E-state index contributed by atoms with van der Waals surface area (Å²) in [7, 11) is 0. The van der Waals surface area contributed by atoms with E-state index in [1.165, 1.54) is 0 Å². The second-order valence-electron chi connectivity index (χ2n) is 5.23. The van der Waals surface area contributed by atoms with Crippen LogP contribution in [0.5, 0.6) is 0 Å². The third-order valence-electron chi connectivity index (χ3n) is 3.26. The summed E-state index contributed by atoms with van der Waals surface area (Å²) in [6.07, 6.45) is 0.868. The van der Waals surface area contributed by atoms with Gasteiger partial charge in [-0.1, -0.05) is 30.7 Å². The van der Waals surface area contributed by atoms with Crippen molar-refractivity contribution in [3.05, 3.63) is 34.9 Å². The van der Waals surface area contributed by atoms with E-state index in [1.54, 1.807) is 6.92 Å². The summed E-state index contributed by atoms with van der Waals surface area (Å²) < 4.78 is 0. The van der Waals surface area contributed by atoms with Gasteiger partial charge in [-0.25, -0.2) is 0 Å². The Balaban J connectivity index is 2.36. The summed E-state index contributed by atoms with van der Waals surface area (Å²) in [5.74, 6) is -0.374. The van der Waals surface area contributed by atoms with Gasteiger partial charge in [-0.05, 0) is 38.0 Å². The molecule has 1 rings (SSSR count). The molecular formula is C16H24ClN3O2. The largest absolute Gasteiger partial charge is 0.354 e. The van der Waals surface area contributed by atoms with Gasteiger partial charge in [0.25, 0.3) is 0 Å². The topological polar surface area (TPSA) is 70.2 Å². The SMILES string of the molecule is CCCNC(=O)[C@@H](C)NC(=O)CN[C@H](C)c1ccc(Cl)cc1. The van der Waals surface area contributed by atoms with E-state index < -0.39 is 6.04 Å². The zero-order valence-electron chi connectivity index (χ0n) is 13.3. The van der Waals surface area contributed by atoms with Crippen LogP contribution in [0.4, 0.5) is 0 Å². The molecule has 6 heteroatoms. The van der Waals surface area contributed by atoms with Crippen molar-refractivity contribution in [2.45, 2.75) is 39.3 Å². The molecule has 0 radical (unpaired) electrons. The Kier molecular flexibility index (Phi) is 7.91. The molecule has 3 N–H and O–H groups in total. The van der Waals surface area contributed by atoms with Crippen molar-refractivity contribution >= 4 is 23.4 Å². The number of hydrogen-bond donors (Lipinski definition) is 3. The van der Waals surface area contributed by atoms with Gasteiger partial charge < -0.3 is 16.0 Å². The Morgan fingerprint density at radius 1 is 1.18 bits per heavy atom. The number of nitrogens with one attached hydrogen (secondary N) is 3. The van der Waals surface area contributed by atoms with Crippen molar-refractivity contribution < 1.29 is 9.59 Å². The van der Waals surface area contributed by atoms with Gasteiger partial charge >= 0.3 is 0 Å². The summed E-state index contributed by atoms with van der Waals surface area (Å²) in [5.41, 5.74) is 1.05. The van der Waals surface area contributed by atoms with Crippen molar-refractivity contribution in [2.75, 3.05) is 13.1 Å². The maximum atomic E-state index is 11.8. The number of carbonyl (C=O) groups excluding carboxylic acids is 2. The predicted octanol–water partition coefficient (Wildman–Crippen LogP) is 2.02.